The summed E-state index contributed by atoms with van der Waals surface area (Å²) < 4.78 is 13.5. The lowest BCUT2D eigenvalue weighted by atomic mass is 9.98. The van der Waals surface area contributed by atoms with Gasteiger partial charge in [-0.05, 0) is 62.2 Å². The number of aryl methyl sites for hydroxylation is 1. The van der Waals surface area contributed by atoms with Gasteiger partial charge in [0.15, 0.2) is 6.29 Å². The Bertz CT molecular complexity index is 1120. The predicted octanol–water partition coefficient (Wildman–Crippen LogP) is 4.22. The van der Waals surface area contributed by atoms with Gasteiger partial charge in [-0.3, -0.25) is 0 Å². The molecule has 2 saturated heterocycles. The van der Waals surface area contributed by atoms with Crippen molar-refractivity contribution >= 4 is 0 Å². The third kappa shape index (κ3) is 16.9. The molecular weight excluding hydrogens is 694 g/mol. The fraction of sp³-hybridized carbons (Fsp3) is 0.975. The number of hydrogen-bond donors (Lipinski definition) is 6. The van der Waals surface area contributed by atoms with E-state index in [9.17, 15) is 35.4 Å². The number of likely N-dealkylation sites (tertiary alicyclic amines) is 1. The molecule has 0 bridgehead atoms. The Morgan fingerprint density at radius 3 is 1.81 bits per heavy atom. The molecule has 5 unspecified atom stereocenters. The van der Waals surface area contributed by atoms with Crippen molar-refractivity contribution in [1.29, 1.82) is 0 Å². The van der Waals surface area contributed by atoms with Crippen molar-refractivity contribution in [1.82, 2.24) is 24.7 Å². The van der Waals surface area contributed by atoms with Gasteiger partial charge in [-0.15, -0.1) is 0 Å². The first kappa shape index (κ1) is 46.9. The van der Waals surface area contributed by atoms with E-state index in [1.54, 1.807) is 0 Å². The number of rotatable bonds is 31. The lowest BCUT2D eigenvalue weighted by molar-refractivity contribution is -0.304. The van der Waals surface area contributed by atoms with Crippen LogP contribution >= 0.6 is 0 Å². The van der Waals surface area contributed by atoms with Crippen molar-refractivity contribution in [2.24, 2.45) is 0 Å². The van der Waals surface area contributed by atoms with Crippen LogP contribution in [0.5, 0.6) is 0 Å². The number of aliphatic hydroxyl groups excluding tert-OH is 6. The van der Waals surface area contributed by atoms with Crippen LogP contribution in [-0.2, 0) is 16.0 Å². The van der Waals surface area contributed by atoms with Crippen molar-refractivity contribution in [3.63, 3.8) is 0 Å². The first-order valence-corrected chi connectivity index (χ1v) is 21.8. The van der Waals surface area contributed by atoms with Gasteiger partial charge in [-0.25, -0.2) is 4.79 Å². The van der Waals surface area contributed by atoms with E-state index in [2.05, 4.69) is 22.3 Å². The van der Waals surface area contributed by atoms with E-state index < -0.39 is 67.9 Å². The minimum Gasteiger partial charge on any atom is -0.394 e. The van der Waals surface area contributed by atoms with E-state index in [1.165, 1.54) is 121 Å². The monoisotopic (exact) mass is 772 g/mol. The molecule has 0 aromatic carbocycles. The first-order valence-electron chi connectivity index (χ1n) is 21.8. The largest absolute Gasteiger partial charge is 0.394 e. The summed E-state index contributed by atoms with van der Waals surface area (Å²) in [7, 11) is 0. The molecule has 0 spiro atoms. The molecule has 1 aromatic heterocycles. The van der Waals surface area contributed by atoms with Gasteiger partial charge in [0.05, 0.1) is 19.3 Å². The minimum atomic E-state index is -1.65. The average Bonchev–Trinajstić information content (AvgIpc) is 3.55. The maximum atomic E-state index is 13.5. The fourth-order valence-corrected chi connectivity index (χ4v) is 7.81. The topological polar surface area (TPSA) is 196 Å². The number of nitrogens with zero attached hydrogens (tertiary/aromatic N) is 5. The lowest BCUT2D eigenvalue weighted by Crippen LogP contribution is -2.59. The van der Waals surface area contributed by atoms with Crippen molar-refractivity contribution < 1.29 is 40.1 Å². The van der Waals surface area contributed by atoms with Crippen molar-refractivity contribution in [2.45, 2.75) is 217 Å². The van der Waals surface area contributed by atoms with Gasteiger partial charge < -0.3 is 45.0 Å². The summed E-state index contributed by atoms with van der Waals surface area (Å²) in [6.07, 6.45) is 17.3. The molecule has 316 valence electrons. The summed E-state index contributed by atoms with van der Waals surface area (Å²) in [4.78, 5) is 16.1. The number of aromatic nitrogens is 4. The summed E-state index contributed by atoms with van der Waals surface area (Å²) in [5, 5.41) is 70.9. The molecule has 3 heterocycles. The quantitative estimate of drug-likeness (QED) is 0.0590. The van der Waals surface area contributed by atoms with E-state index in [-0.39, 0.29) is 0 Å². The van der Waals surface area contributed by atoms with E-state index in [0.29, 0.717) is 19.4 Å². The second-order valence-corrected chi connectivity index (χ2v) is 16.0. The van der Waals surface area contributed by atoms with Gasteiger partial charge in [0, 0.05) is 6.54 Å². The standard InChI is InChI=1S/C40H77N5O9/c1-2-3-4-5-6-7-8-9-10-13-16-20-25-33(47)35(48)32(31-53-39-38(51)37(50)36(49)34(30-46)54-39)45-40(52)44(41-42-45)29-24-18-15-12-11-14-17-21-26-43-27-22-19-23-28-43/h32-39,46-51H,2-31H2,1H3/t32-,33+,34?,35-,36?,37?,38?,39?/m0/s1. The highest BCUT2D eigenvalue weighted by molar-refractivity contribution is 4.89. The molecule has 2 fully saturated rings. The lowest BCUT2D eigenvalue weighted by Gasteiger charge is -2.40. The van der Waals surface area contributed by atoms with Crippen LogP contribution in [0.2, 0.25) is 0 Å². The van der Waals surface area contributed by atoms with Crippen LogP contribution in [0.25, 0.3) is 0 Å². The maximum absolute atomic E-state index is 13.5. The first-order chi connectivity index (χ1) is 26.3. The zero-order chi connectivity index (χ0) is 39.0. The Labute approximate surface area is 324 Å². The van der Waals surface area contributed by atoms with Crippen LogP contribution in [0.4, 0.5) is 0 Å². The number of hydrogen-bond acceptors (Lipinski definition) is 12. The molecule has 0 radical (unpaired) electrons. The highest BCUT2D eigenvalue weighted by Gasteiger charge is 2.45. The summed E-state index contributed by atoms with van der Waals surface area (Å²) in [5.41, 5.74) is -0.553. The van der Waals surface area contributed by atoms with Gasteiger partial charge in [0.2, 0.25) is 0 Å². The minimum absolute atomic E-state index is 0.316. The van der Waals surface area contributed by atoms with Gasteiger partial charge in [-0.1, -0.05) is 129 Å². The van der Waals surface area contributed by atoms with Crippen LogP contribution in [0.1, 0.15) is 167 Å². The van der Waals surface area contributed by atoms with E-state index in [1.807, 2.05) is 0 Å². The van der Waals surface area contributed by atoms with Crippen molar-refractivity contribution in [3.05, 3.63) is 10.5 Å². The van der Waals surface area contributed by atoms with Crippen molar-refractivity contribution in [3.8, 4) is 0 Å². The van der Waals surface area contributed by atoms with Gasteiger partial charge in [0.1, 0.15) is 36.6 Å². The SMILES string of the molecule is CCCCCCCCCCCCCC[C@@H](O)[C@@H](O)[C@H](COC1OC(CO)C(O)C(O)C1O)n1nnn(CCCCCCCCCCN2CCCCC2)c1=O. The van der Waals surface area contributed by atoms with E-state index in [0.717, 1.165) is 49.6 Å². The third-order valence-electron chi connectivity index (χ3n) is 11.4. The van der Waals surface area contributed by atoms with E-state index >= 15 is 0 Å². The molecule has 6 N–H and O–H groups in total. The number of piperidine rings is 1. The molecule has 8 atom stereocenters. The second kappa shape index (κ2) is 28.0. The highest BCUT2D eigenvalue weighted by atomic mass is 16.7. The average molecular weight is 772 g/mol. The van der Waals surface area contributed by atoms with Crippen molar-refractivity contribution in [2.75, 3.05) is 32.8 Å². The Balaban J connectivity index is 1.45. The molecule has 0 saturated carbocycles. The van der Waals surface area contributed by atoms with E-state index in [4.69, 9.17) is 9.47 Å². The summed E-state index contributed by atoms with van der Waals surface area (Å²) >= 11 is 0. The van der Waals surface area contributed by atoms with Crippen LogP contribution in [0.15, 0.2) is 4.79 Å². The zero-order valence-corrected chi connectivity index (χ0v) is 33.5. The molecule has 3 rings (SSSR count). The fourth-order valence-electron chi connectivity index (χ4n) is 7.81. The normalized spacial score (nSPS) is 24.2. The molecule has 54 heavy (non-hydrogen) atoms. The number of tetrazole rings is 1. The van der Waals surface area contributed by atoms with Crippen LogP contribution in [0.3, 0.4) is 0 Å². The smallest absolute Gasteiger partial charge is 0.364 e. The Morgan fingerprint density at radius 2 is 1.24 bits per heavy atom. The molecule has 14 nitrogen and oxygen atoms in total. The molecule has 2 aliphatic heterocycles. The highest BCUT2D eigenvalue weighted by Crippen LogP contribution is 2.25. The third-order valence-corrected chi connectivity index (χ3v) is 11.4. The molecule has 14 heteroatoms. The molecule has 1 aromatic rings. The van der Waals surface area contributed by atoms with Crippen LogP contribution < -0.4 is 5.69 Å². The molecule has 0 aliphatic carbocycles. The maximum Gasteiger partial charge on any atom is 0.364 e. The molecule has 2 aliphatic rings. The Morgan fingerprint density at radius 1 is 0.704 bits per heavy atom. The van der Waals surface area contributed by atoms with Crippen LogP contribution in [-0.4, -0.2) is 131 Å². The number of unbranched alkanes of at least 4 members (excludes halogenated alkanes) is 18. The van der Waals surface area contributed by atoms with Crippen LogP contribution in [0, 0.1) is 0 Å². The summed E-state index contributed by atoms with van der Waals surface area (Å²) in [5.74, 6) is 0. The molecule has 0 amide bonds. The number of ether oxygens (including phenoxy) is 2. The van der Waals surface area contributed by atoms with Gasteiger partial charge >= 0.3 is 5.69 Å². The number of aliphatic hydroxyl groups is 6. The second-order valence-electron chi connectivity index (χ2n) is 16.0. The Hall–Kier alpha value is -1.49. The van der Waals surface area contributed by atoms with Gasteiger partial charge in [-0.2, -0.15) is 9.36 Å². The molecular formula is C40H77N5O9. The summed E-state index contributed by atoms with van der Waals surface area (Å²) in [6, 6.07) is -1.18. The predicted molar refractivity (Wildman–Crippen MR) is 208 cm³/mol. The Kier molecular flexibility index (Phi) is 24.3. The zero-order valence-electron chi connectivity index (χ0n) is 33.5. The van der Waals surface area contributed by atoms with Gasteiger partial charge in [0.25, 0.3) is 0 Å². The summed E-state index contributed by atoms with van der Waals surface area (Å²) in [6.45, 7) is 5.30.